The van der Waals surface area contributed by atoms with Gasteiger partial charge in [-0.2, -0.15) is 0 Å². The molecule has 3 aromatic rings. The first-order valence-corrected chi connectivity index (χ1v) is 9.36. The summed E-state index contributed by atoms with van der Waals surface area (Å²) in [4.78, 5) is 12.4. The van der Waals surface area contributed by atoms with E-state index in [1.54, 1.807) is 12.1 Å². The van der Waals surface area contributed by atoms with Crippen LogP contribution in [0.5, 0.6) is 17.2 Å². The van der Waals surface area contributed by atoms with E-state index >= 15 is 0 Å². The van der Waals surface area contributed by atoms with Crippen LogP contribution in [0.4, 0.5) is 0 Å². The first kappa shape index (κ1) is 21.1. The SMILES string of the molecule is O=c1cc(-c2ccc(O[C@@H]3O[C@H](CO)[C@@H](O)[C@H](O)[C@H]3O)cc2)oc2cc(O)cc(O)c12. The summed E-state index contributed by atoms with van der Waals surface area (Å²) in [6.07, 6.45) is -7.02. The Morgan fingerprint density at radius 2 is 1.65 bits per heavy atom. The highest BCUT2D eigenvalue weighted by molar-refractivity contribution is 5.86. The normalized spacial score (nSPS) is 26.1. The van der Waals surface area contributed by atoms with Crippen molar-refractivity contribution in [1.82, 2.24) is 0 Å². The lowest BCUT2D eigenvalue weighted by atomic mass is 9.99. The van der Waals surface area contributed by atoms with Gasteiger partial charge < -0.3 is 44.5 Å². The molecule has 31 heavy (non-hydrogen) atoms. The predicted molar refractivity (Wildman–Crippen MR) is 106 cm³/mol. The van der Waals surface area contributed by atoms with Gasteiger partial charge in [0.05, 0.1) is 6.61 Å². The standard InChI is InChI=1S/C21H20O10/c22-8-16-18(26)19(27)20(28)21(31-16)29-11-3-1-9(2-4-11)14-7-13(25)17-12(24)5-10(23)6-15(17)30-14/h1-7,16,18-24,26-28H,8H2/t16-,18-,19+,20-,21-/m1/s1. The number of phenols is 2. The van der Waals surface area contributed by atoms with Gasteiger partial charge in [0, 0.05) is 23.8 Å². The lowest BCUT2D eigenvalue weighted by molar-refractivity contribution is -0.277. The van der Waals surface area contributed by atoms with Gasteiger partial charge in [0.15, 0.2) is 5.43 Å². The fourth-order valence-electron chi connectivity index (χ4n) is 3.39. The Balaban J connectivity index is 1.58. The number of benzene rings is 2. The smallest absolute Gasteiger partial charge is 0.229 e. The van der Waals surface area contributed by atoms with Crippen LogP contribution in [0.2, 0.25) is 0 Å². The van der Waals surface area contributed by atoms with Gasteiger partial charge in [0.2, 0.25) is 6.29 Å². The van der Waals surface area contributed by atoms with E-state index in [0.29, 0.717) is 5.56 Å². The van der Waals surface area contributed by atoms with Gasteiger partial charge in [-0.1, -0.05) is 0 Å². The molecule has 0 spiro atoms. The molecule has 10 heteroatoms. The minimum absolute atomic E-state index is 0.0154. The van der Waals surface area contributed by atoms with Gasteiger partial charge >= 0.3 is 0 Å². The number of rotatable bonds is 4. The molecule has 0 amide bonds. The van der Waals surface area contributed by atoms with E-state index in [0.717, 1.165) is 6.07 Å². The maximum Gasteiger partial charge on any atom is 0.229 e. The fourth-order valence-corrected chi connectivity index (χ4v) is 3.39. The largest absolute Gasteiger partial charge is 0.508 e. The van der Waals surface area contributed by atoms with Crippen LogP contribution in [0.3, 0.4) is 0 Å². The zero-order valence-corrected chi connectivity index (χ0v) is 16.0. The zero-order chi connectivity index (χ0) is 22.3. The van der Waals surface area contributed by atoms with Crippen LogP contribution in [-0.4, -0.2) is 68.0 Å². The molecular formula is C21H20O10. The summed E-state index contributed by atoms with van der Waals surface area (Å²) in [6, 6.07) is 9.59. The highest BCUT2D eigenvalue weighted by atomic mass is 16.7. The molecule has 0 saturated carbocycles. The van der Waals surface area contributed by atoms with E-state index in [4.69, 9.17) is 13.9 Å². The molecular weight excluding hydrogens is 412 g/mol. The first-order chi connectivity index (χ1) is 14.8. The van der Waals surface area contributed by atoms with E-state index in [-0.39, 0.29) is 28.2 Å². The van der Waals surface area contributed by atoms with Crippen LogP contribution in [0.15, 0.2) is 51.7 Å². The van der Waals surface area contributed by atoms with Crippen molar-refractivity contribution in [2.24, 2.45) is 0 Å². The highest BCUT2D eigenvalue weighted by Gasteiger charge is 2.44. The minimum atomic E-state index is -1.56. The molecule has 2 aromatic carbocycles. The fraction of sp³-hybridized carbons (Fsp3) is 0.286. The lowest BCUT2D eigenvalue weighted by Gasteiger charge is -2.39. The maximum absolute atomic E-state index is 12.4. The number of hydrogen-bond acceptors (Lipinski definition) is 10. The summed E-state index contributed by atoms with van der Waals surface area (Å²) in [5.41, 5.74) is 0.0139. The number of phenolic OH excluding ortho intramolecular Hbond substituents is 2. The Morgan fingerprint density at radius 3 is 2.32 bits per heavy atom. The predicted octanol–water partition coefficient (Wildman–Crippen LogP) is 0.0499. The Morgan fingerprint density at radius 1 is 0.935 bits per heavy atom. The third-order valence-corrected chi connectivity index (χ3v) is 5.03. The third kappa shape index (κ3) is 3.94. The van der Waals surface area contributed by atoms with Crippen molar-refractivity contribution in [2.45, 2.75) is 30.7 Å². The summed E-state index contributed by atoms with van der Waals surface area (Å²) in [6.45, 7) is -0.574. The van der Waals surface area contributed by atoms with Crippen LogP contribution in [-0.2, 0) is 4.74 Å². The van der Waals surface area contributed by atoms with Crippen LogP contribution in [0.1, 0.15) is 0 Å². The molecule has 164 valence electrons. The average Bonchev–Trinajstić information content (AvgIpc) is 2.73. The second-order valence-corrected chi connectivity index (χ2v) is 7.15. The summed E-state index contributed by atoms with van der Waals surface area (Å²) >= 11 is 0. The van der Waals surface area contributed by atoms with Crippen molar-refractivity contribution in [1.29, 1.82) is 0 Å². The Kier molecular flexibility index (Phi) is 5.56. The van der Waals surface area contributed by atoms with E-state index < -0.39 is 48.5 Å². The van der Waals surface area contributed by atoms with Crippen molar-refractivity contribution < 1.29 is 44.5 Å². The van der Waals surface area contributed by atoms with Gasteiger partial charge in [0.1, 0.15) is 58.4 Å². The summed E-state index contributed by atoms with van der Waals surface area (Å²) in [7, 11) is 0. The van der Waals surface area contributed by atoms with Crippen molar-refractivity contribution in [3.63, 3.8) is 0 Å². The van der Waals surface area contributed by atoms with E-state index in [9.17, 15) is 35.4 Å². The Labute approximate surface area is 174 Å². The zero-order valence-electron chi connectivity index (χ0n) is 16.0. The molecule has 10 nitrogen and oxygen atoms in total. The molecule has 0 aliphatic carbocycles. The molecule has 1 aliphatic rings. The van der Waals surface area contributed by atoms with Gasteiger partial charge in [-0.3, -0.25) is 4.79 Å². The molecule has 0 unspecified atom stereocenters. The van der Waals surface area contributed by atoms with Crippen molar-refractivity contribution in [2.75, 3.05) is 6.61 Å². The minimum Gasteiger partial charge on any atom is -0.508 e. The maximum atomic E-state index is 12.4. The van der Waals surface area contributed by atoms with Gasteiger partial charge in [-0.05, 0) is 24.3 Å². The monoisotopic (exact) mass is 432 g/mol. The quantitative estimate of drug-likeness (QED) is 0.331. The van der Waals surface area contributed by atoms with E-state index in [1.807, 2.05) is 0 Å². The van der Waals surface area contributed by atoms with Crippen molar-refractivity contribution in [3.05, 3.63) is 52.7 Å². The van der Waals surface area contributed by atoms with Crippen LogP contribution < -0.4 is 10.2 Å². The second-order valence-electron chi connectivity index (χ2n) is 7.15. The number of ether oxygens (including phenoxy) is 2. The van der Waals surface area contributed by atoms with E-state index in [1.165, 1.54) is 24.3 Å². The van der Waals surface area contributed by atoms with Crippen LogP contribution >= 0.6 is 0 Å². The number of aliphatic hydroxyl groups is 4. The molecule has 1 aliphatic heterocycles. The van der Waals surface area contributed by atoms with E-state index in [2.05, 4.69) is 0 Å². The molecule has 1 fully saturated rings. The third-order valence-electron chi connectivity index (χ3n) is 5.03. The van der Waals surface area contributed by atoms with Gasteiger partial charge in [0.25, 0.3) is 0 Å². The molecule has 0 radical (unpaired) electrons. The summed E-state index contributed by atoms with van der Waals surface area (Å²) < 4.78 is 16.5. The molecule has 1 aromatic heterocycles. The highest BCUT2D eigenvalue weighted by Crippen LogP contribution is 2.31. The van der Waals surface area contributed by atoms with Crippen LogP contribution in [0, 0.1) is 0 Å². The number of aliphatic hydroxyl groups excluding tert-OH is 4. The first-order valence-electron chi connectivity index (χ1n) is 9.36. The molecule has 6 N–H and O–H groups in total. The molecule has 0 bridgehead atoms. The van der Waals surface area contributed by atoms with Crippen LogP contribution in [0.25, 0.3) is 22.3 Å². The average molecular weight is 432 g/mol. The van der Waals surface area contributed by atoms with Gasteiger partial charge in [-0.25, -0.2) is 0 Å². The number of hydrogen-bond donors (Lipinski definition) is 6. The number of fused-ring (bicyclic) bond motifs is 1. The second kappa shape index (κ2) is 8.17. The van der Waals surface area contributed by atoms with Crippen molar-refractivity contribution in [3.8, 4) is 28.6 Å². The summed E-state index contributed by atoms with van der Waals surface area (Å²) in [5.74, 6) is -0.222. The lowest BCUT2D eigenvalue weighted by Crippen LogP contribution is -2.60. The Bertz CT molecular complexity index is 1140. The van der Waals surface area contributed by atoms with Crippen molar-refractivity contribution >= 4 is 11.0 Å². The Hall–Kier alpha value is -3.15. The molecule has 4 rings (SSSR count). The summed E-state index contributed by atoms with van der Waals surface area (Å²) in [5, 5.41) is 58.4. The van der Waals surface area contributed by atoms with Gasteiger partial charge in [-0.15, -0.1) is 0 Å². The molecule has 1 saturated heterocycles. The number of aromatic hydroxyl groups is 2. The molecule has 5 atom stereocenters. The molecule has 2 heterocycles. The topological polar surface area (TPSA) is 170 Å².